The van der Waals surface area contributed by atoms with E-state index in [1.165, 1.54) is 5.56 Å². The Bertz CT molecular complexity index is 947. The van der Waals surface area contributed by atoms with Crippen molar-refractivity contribution in [3.63, 3.8) is 0 Å². The molecular weight excluding hydrogens is 394 g/mol. The molecular formula is C25H27NO3S. The van der Waals surface area contributed by atoms with Crippen molar-refractivity contribution in [3.8, 4) is 5.75 Å². The summed E-state index contributed by atoms with van der Waals surface area (Å²) in [5, 5.41) is 4.14. The van der Waals surface area contributed by atoms with Gasteiger partial charge in [0, 0.05) is 25.3 Å². The quantitative estimate of drug-likeness (QED) is 0.485. The van der Waals surface area contributed by atoms with E-state index in [0.29, 0.717) is 25.3 Å². The second-order valence-electron chi connectivity index (χ2n) is 7.75. The molecule has 0 unspecified atom stereocenters. The normalized spacial score (nSPS) is 15.8. The highest BCUT2D eigenvalue weighted by Crippen LogP contribution is 2.21. The number of ether oxygens (including phenoxy) is 2. The molecule has 4 rings (SSSR count). The third kappa shape index (κ3) is 5.49. The zero-order valence-corrected chi connectivity index (χ0v) is 18.1. The summed E-state index contributed by atoms with van der Waals surface area (Å²) in [5.74, 6) is 0.855. The van der Waals surface area contributed by atoms with Gasteiger partial charge < -0.3 is 14.4 Å². The van der Waals surface area contributed by atoms with E-state index in [-0.39, 0.29) is 12.0 Å². The third-order valence-electron chi connectivity index (χ3n) is 5.29. The lowest BCUT2D eigenvalue weighted by Gasteiger charge is -2.26. The second kappa shape index (κ2) is 9.92. The van der Waals surface area contributed by atoms with Crippen LogP contribution in [0.25, 0.3) is 0 Å². The van der Waals surface area contributed by atoms with Gasteiger partial charge in [0.05, 0.1) is 6.10 Å². The number of carbonyl (C=O) groups is 1. The topological polar surface area (TPSA) is 38.8 Å². The Morgan fingerprint density at radius 1 is 1.17 bits per heavy atom. The maximum atomic E-state index is 13.3. The van der Waals surface area contributed by atoms with Crippen LogP contribution in [0.4, 0.5) is 0 Å². The predicted molar refractivity (Wildman–Crippen MR) is 120 cm³/mol. The molecule has 30 heavy (non-hydrogen) atoms. The van der Waals surface area contributed by atoms with Crippen LogP contribution in [0.3, 0.4) is 0 Å². The predicted octanol–water partition coefficient (Wildman–Crippen LogP) is 5.46. The van der Waals surface area contributed by atoms with Crippen molar-refractivity contribution in [2.24, 2.45) is 0 Å². The number of thiophene rings is 1. The molecule has 2 heterocycles. The summed E-state index contributed by atoms with van der Waals surface area (Å²) < 4.78 is 11.8. The minimum atomic E-state index is 0.0371. The minimum absolute atomic E-state index is 0.0371. The summed E-state index contributed by atoms with van der Waals surface area (Å²) >= 11 is 1.67. The van der Waals surface area contributed by atoms with Crippen LogP contribution in [0.1, 0.15) is 39.9 Å². The van der Waals surface area contributed by atoms with Gasteiger partial charge in [-0.2, -0.15) is 11.3 Å². The van der Waals surface area contributed by atoms with Gasteiger partial charge in [0.25, 0.3) is 5.91 Å². The molecule has 1 fully saturated rings. The Hall–Kier alpha value is -2.63. The summed E-state index contributed by atoms with van der Waals surface area (Å²) in [6.07, 6.45) is 2.17. The van der Waals surface area contributed by atoms with Gasteiger partial charge in [-0.15, -0.1) is 0 Å². The number of hydrogen-bond acceptors (Lipinski definition) is 4. The van der Waals surface area contributed by atoms with Crippen LogP contribution in [-0.4, -0.2) is 30.1 Å². The third-order valence-corrected chi connectivity index (χ3v) is 6.02. The van der Waals surface area contributed by atoms with Crippen molar-refractivity contribution in [1.82, 2.24) is 4.90 Å². The summed E-state index contributed by atoms with van der Waals surface area (Å²) in [6.45, 7) is 4.49. The Morgan fingerprint density at radius 2 is 2.03 bits per heavy atom. The number of carbonyl (C=O) groups excluding carboxylic acids is 1. The van der Waals surface area contributed by atoms with Crippen molar-refractivity contribution in [1.29, 1.82) is 0 Å². The lowest BCUT2D eigenvalue weighted by atomic mass is 10.1. The highest BCUT2D eigenvalue weighted by atomic mass is 32.1. The first kappa shape index (κ1) is 20.6. The molecule has 1 saturated heterocycles. The second-order valence-corrected chi connectivity index (χ2v) is 8.53. The Kier molecular flexibility index (Phi) is 6.82. The van der Waals surface area contributed by atoms with E-state index in [9.17, 15) is 4.79 Å². The molecule has 0 saturated carbocycles. The molecule has 0 radical (unpaired) electrons. The van der Waals surface area contributed by atoms with Gasteiger partial charge in [-0.25, -0.2) is 0 Å². The van der Waals surface area contributed by atoms with Gasteiger partial charge in [0.1, 0.15) is 12.4 Å². The molecule has 0 spiro atoms. The zero-order valence-electron chi connectivity index (χ0n) is 17.3. The van der Waals surface area contributed by atoms with E-state index in [1.54, 1.807) is 11.3 Å². The smallest absolute Gasteiger partial charge is 0.254 e. The molecule has 1 amide bonds. The van der Waals surface area contributed by atoms with Crippen LogP contribution < -0.4 is 4.74 Å². The largest absolute Gasteiger partial charge is 0.489 e. The Morgan fingerprint density at radius 3 is 2.77 bits per heavy atom. The lowest BCUT2D eigenvalue weighted by Crippen LogP contribution is -2.37. The maximum Gasteiger partial charge on any atom is 0.254 e. The molecule has 0 bridgehead atoms. The SMILES string of the molecule is Cc1ccc(C(=O)N(Cc2cccc(OCc3ccsc3)c2)C[C@H]2CCCO2)cc1. The van der Waals surface area contributed by atoms with Crippen LogP contribution in [-0.2, 0) is 17.9 Å². The van der Waals surface area contributed by atoms with Gasteiger partial charge in [-0.1, -0.05) is 29.8 Å². The summed E-state index contributed by atoms with van der Waals surface area (Å²) in [4.78, 5) is 15.2. The highest BCUT2D eigenvalue weighted by molar-refractivity contribution is 7.07. The molecule has 2 aromatic carbocycles. The summed E-state index contributed by atoms with van der Waals surface area (Å²) in [5.41, 5.74) is 4.08. The van der Waals surface area contributed by atoms with Crippen LogP contribution in [0.15, 0.2) is 65.4 Å². The minimum Gasteiger partial charge on any atom is -0.489 e. The maximum absolute atomic E-state index is 13.3. The van der Waals surface area contributed by atoms with E-state index >= 15 is 0 Å². The van der Waals surface area contributed by atoms with Gasteiger partial charge in [0.15, 0.2) is 0 Å². The number of amides is 1. The number of hydrogen-bond donors (Lipinski definition) is 0. The van der Waals surface area contributed by atoms with E-state index in [4.69, 9.17) is 9.47 Å². The van der Waals surface area contributed by atoms with Crippen LogP contribution in [0.5, 0.6) is 5.75 Å². The first-order valence-electron chi connectivity index (χ1n) is 10.4. The van der Waals surface area contributed by atoms with Crippen molar-refractivity contribution < 1.29 is 14.3 Å². The standard InChI is InChI=1S/C25H27NO3S/c1-19-7-9-22(10-8-19)25(27)26(16-24-6-3-12-28-24)15-20-4-2-5-23(14-20)29-17-21-11-13-30-18-21/h2,4-5,7-11,13-14,18,24H,3,6,12,15-17H2,1H3/t24-/m1/s1. The first-order chi connectivity index (χ1) is 14.7. The Balaban J connectivity index is 1.48. The average molecular weight is 422 g/mol. The van der Waals surface area contributed by atoms with Gasteiger partial charge >= 0.3 is 0 Å². The number of benzene rings is 2. The van der Waals surface area contributed by atoms with Gasteiger partial charge in [-0.3, -0.25) is 4.79 Å². The number of rotatable bonds is 8. The molecule has 0 N–H and O–H groups in total. The van der Waals surface area contributed by atoms with Crippen LogP contribution in [0, 0.1) is 6.92 Å². The monoisotopic (exact) mass is 421 g/mol. The van der Waals surface area contributed by atoms with Crippen molar-refractivity contribution in [3.05, 3.63) is 87.6 Å². The lowest BCUT2D eigenvalue weighted by molar-refractivity contribution is 0.0507. The van der Waals surface area contributed by atoms with E-state index in [1.807, 2.05) is 60.4 Å². The van der Waals surface area contributed by atoms with Gasteiger partial charge in [-0.05, 0) is 72.0 Å². The highest BCUT2D eigenvalue weighted by Gasteiger charge is 2.23. The Labute approximate surface area is 182 Å². The molecule has 0 aliphatic carbocycles. The van der Waals surface area contributed by atoms with Crippen molar-refractivity contribution in [2.75, 3.05) is 13.2 Å². The summed E-state index contributed by atoms with van der Waals surface area (Å²) in [6, 6.07) is 17.9. The molecule has 1 aliphatic heterocycles. The summed E-state index contributed by atoms with van der Waals surface area (Å²) in [7, 11) is 0. The molecule has 1 atom stereocenters. The van der Waals surface area contributed by atoms with Gasteiger partial charge in [0.2, 0.25) is 0 Å². The fraction of sp³-hybridized carbons (Fsp3) is 0.320. The van der Waals surface area contributed by atoms with Crippen LogP contribution in [0.2, 0.25) is 0 Å². The van der Waals surface area contributed by atoms with E-state index in [2.05, 4.69) is 16.8 Å². The first-order valence-corrected chi connectivity index (χ1v) is 11.3. The van der Waals surface area contributed by atoms with E-state index < -0.39 is 0 Å². The fourth-order valence-electron chi connectivity index (χ4n) is 3.63. The molecule has 1 aromatic heterocycles. The number of nitrogens with zero attached hydrogens (tertiary/aromatic N) is 1. The number of aryl methyl sites for hydroxylation is 1. The van der Waals surface area contributed by atoms with Crippen molar-refractivity contribution in [2.45, 2.75) is 39.0 Å². The molecule has 3 aromatic rings. The molecule has 5 heteroatoms. The van der Waals surface area contributed by atoms with Crippen molar-refractivity contribution >= 4 is 17.2 Å². The van der Waals surface area contributed by atoms with E-state index in [0.717, 1.165) is 36.3 Å². The average Bonchev–Trinajstić information content (AvgIpc) is 3.46. The zero-order chi connectivity index (χ0) is 20.8. The fourth-order valence-corrected chi connectivity index (χ4v) is 4.28. The molecule has 4 nitrogen and oxygen atoms in total. The molecule has 156 valence electrons. The molecule has 1 aliphatic rings. The van der Waals surface area contributed by atoms with Crippen LogP contribution >= 0.6 is 11.3 Å².